The summed E-state index contributed by atoms with van der Waals surface area (Å²) in [4.78, 5) is 24.1. The Morgan fingerprint density at radius 1 is 0.900 bits per heavy atom. The lowest BCUT2D eigenvalue weighted by molar-refractivity contribution is 0.0692. The summed E-state index contributed by atoms with van der Waals surface area (Å²) in [6, 6.07) is 10.9. The highest BCUT2D eigenvalue weighted by molar-refractivity contribution is 6.15. The van der Waals surface area contributed by atoms with Crippen LogP contribution >= 0.6 is 0 Å². The van der Waals surface area contributed by atoms with Gasteiger partial charge in [-0.1, -0.05) is 69.6 Å². The van der Waals surface area contributed by atoms with E-state index in [1.54, 1.807) is 24.3 Å². The lowest BCUT2D eigenvalue weighted by atomic mass is 9.85. The Bertz CT molecular complexity index is 871. The van der Waals surface area contributed by atoms with Crippen molar-refractivity contribution >= 4 is 17.4 Å². The summed E-state index contributed by atoms with van der Waals surface area (Å²) in [6.07, 6.45) is 11.9. The van der Waals surface area contributed by atoms with Crippen molar-refractivity contribution in [3.8, 4) is 5.75 Å². The molecule has 2 aromatic rings. The molecule has 0 aromatic heterocycles. The second-order valence-electron chi connectivity index (χ2n) is 8.19. The number of rotatable bonds is 10. The van der Waals surface area contributed by atoms with Crippen molar-refractivity contribution in [1.82, 2.24) is 0 Å². The zero-order valence-corrected chi connectivity index (χ0v) is 17.4. The highest BCUT2D eigenvalue weighted by Crippen LogP contribution is 2.28. The third-order valence-corrected chi connectivity index (χ3v) is 5.99. The third kappa shape index (κ3) is 5.85. The van der Waals surface area contributed by atoms with Gasteiger partial charge in [-0.05, 0) is 30.5 Å². The van der Waals surface area contributed by atoms with E-state index in [0.29, 0.717) is 0 Å². The number of hydrogen-bond donors (Lipinski definition) is 3. The van der Waals surface area contributed by atoms with Gasteiger partial charge in [-0.25, -0.2) is 4.79 Å². The molecule has 2 aromatic carbocycles. The topological polar surface area (TPSA) is 86.6 Å². The minimum Gasteiger partial charge on any atom is -0.507 e. The van der Waals surface area contributed by atoms with E-state index in [0.717, 1.165) is 24.6 Å². The number of phenols is 1. The van der Waals surface area contributed by atoms with Crippen LogP contribution in [0.4, 0.5) is 5.69 Å². The van der Waals surface area contributed by atoms with Gasteiger partial charge in [0.15, 0.2) is 5.78 Å². The largest absolute Gasteiger partial charge is 0.507 e. The van der Waals surface area contributed by atoms with Crippen LogP contribution in [0.2, 0.25) is 0 Å². The molecule has 0 unspecified atom stereocenters. The normalized spacial score (nSPS) is 14.4. The molecule has 0 amide bonds. The minimum absolute atomic E-state index is 0.0685. The van der Waals surface area contributed by atoms with E-state index < -0.39 is 11.8 Å². The van der Waals surface area contributed by atoms with Gasteiger partial charge in [0.05, 0.1) is 11.1 Å². The van der Waals surface area contributed by atoms with Crippen molar-refractivity contribution in [2.75, 3.05) is 11.9 Å². The third-order valence-electron chi connectivity index (χ3n) is 5.99. The Kier molecular flexibility index (Phi) is 7.89. The van der Waals surface area contributed by atoms with Gasteiger partial charge in [-0.2, -0.15) is 0 Å². The second kappa shape index (κ2) is 10.8. The molecule has 1 aliphatic rings. The highest BCUT2D eigenvalue weighted by Gasteiger charge is 2.20. The number of aromatic hydroxyl groups is 1. The predicted octanol–water partition coefficient (Wildman–Crippen LogP) is 5.87. The Morgan fingerprint density at radius 3 is 2.33 bits per heavy atom. The average Bonchev–Trinajstić information content (AvgIpc) is 2.76. The van der Waals surface area contributed by atoms with Gasteiger partial charge in [-0.3, -0.25) is 4.79 Å². The fraction of sp³-hybridized carbons (Fsp3) is 0.440. The number of anilines is 1. The van der Waals surface area contributed by atoms with Crippen LogP contribution in [0.3, 0.4) is 0 Å². The monoisotopic (exact) mass is 409 g/mol. The SMILES string of the molecule is O=C(O)c1ccccc1C(=O)c1ccc(NCCCCCC2CCCCC2)cc1O. The van der Waals surface area contributed by atoms with Gasteiger partial charge in [0, 0.05) is 23.9 Å². The van der Waals surface area contributed by atoms with Crippen LogP contribution in [-0.2, 0) is 0 Å². The number of carbonyl (C=O) groups excluding carboxylic acids is 1. The molecular formula is C25H31NO4. The lowest BCUT2D eigenvalue weighted by Crippen LogP contribution is -2.10. The molecule has 0 bridgehead atoms. The van der Waals surface area contributed by atoms with Crippen LogP contribution in [0.1, 0.15) is 84.1 Å². The molecule has 3 N–H and O–H groups in total. The number of hydrogen-bond acceptors (Lipinski definition) is 4. The maximum absolute atomic E-state index is 12.7. The van der Waals surface area contributed by atoms with E-state index in [9.17, 15) is 19.8 Å². The molecule has 1 fully saturated rings. The minimum atomic E-state index is -1.17. The van der Waals surface area contributed by atoms with Crippen molar-refractivity contribution in [2.45, 2.75) is 57.8 Å². The van der Waals surface area contributed by atoms with Gasteiger partial charge in [0.1, 0.15) is 5.75 Å². The predicted molar refractivity (Wildman–Crippen MR) is 118 cm³/mol. The van der Waals surface area contributed by atoms with E-state index >= 15 is 0 Å². The standard InChI is InChI=1S/C25H31NO4/c27-23-17-19(26-16-8-2-5-11-18-9-3-1-4-10-18)14-15-22(23)24(28)20-12-6-7-13-21(20)25(29)30/h6-7,12-15,17-18,26-27H,1-5,8-11,16H2,(H,29,30). The molecule has 0 spiro atoms. The summed E-state index contributed by atoms with van der Waals surface area (Å²) in [5.74, 6) is -0.887. The second-order valence-corrected chi connectivity index (χ2v) is 8.19. The van der Waals surface area contributed by atoms with Crippen LogP contribution in [0.5, 0.6) is 5.75 Å². The summed E-state index contributed by atoms with van der Waals surface area (Å²) >= 11 is 0. The highest BCUT2D eigenvalue weighted by atomic mass is 16.4. The van der Waals surface area contributed by atoms with Crippen molar-refractivity contribution in [3.63, 3.8) is 0 Å². The van der Waals surface area contributed by atoms with Crippen LogP contribution in [-0.4, -0.2) is 28.5 Å². The van der Waals surface area contributed by atoms with Crippen molar-refractivity contribution < 1.29 is 19.8 Å². The summed E-state index contributed by atoms with van der Waals surface area (Å²) in [5.41, 5.74) is 0.848. The molecule has 160 valence electrons. The van der Waals surface area contributed by atoms with Crippen LogP contribution in [0, 0.1) is 5.92 Å². The summed E-state index contributed by atoms with van der Waals surface area (Å²) < 4.78 is 0. The quantitative estimate of drug-likeness (QED) is 0.337. The van der Waals surface area contributed by atoms with Crippen molar-refractivity contribution in [2.24, 2.45) is 5.92 Å². The molecule has 0 saturated heterocycles. The number of nitrogens with one attached hydrogen (secondary N) is 1. The van der Waals surface area contributed by atoms with Gasteiger partial charge in [0.25, 0.3) is 0 Å². The van der Waals surface area contributed by atoms with Gasteiger partial charge in [0.2, 0.25) is 0 Å². The molecular weight excluding hydrogens is 378 g/mol. The number of aromatic carboxylic acids is 1. The molecule has 30 heavy (non-hydrogen) atoms. The van der Waals surface area contributed by atoms with Gasteiger partial charge >= 0.3 is 5.97 Å². The first-order chi connectivity index (χ1) is 14.6. The van der Waals surface area contributed by atoms with Crippen LogP contribution < -0.4 is 5.32 Å². The zero-order chi connectivity index (χ0) is 21.3. The Labute approximate surface area is 178 Å². The Balaban J connectivity index is 1.49. The lowest BCUT2D eigenvalue weighted by Gasteiger charge is -2.21. The molecule has 3 rings (SSSR count). The van der Waals surface area contributed by atoms with E-state index in [2.05, 4.69) is 5.32 Å². The molecule has 1 saturated carbocycles. The first-order valence-electron chi connectivity index (χ1n) is 11.0. The molecule has 0 heterocycles. The van der Waals surface area contributed by atoms with E-state index in [4.69, 9.17) is 0 Å². The van der Waals surface area contributed by atoms with Crippen LogP contribution in [0.15, 0.2) is 42.5 Å². The summed E-state index contributed by atoms with van der Waals surface area (Å²) in [6.45, 7) is 0.819. The van der Waals surface area contributed by atoms with Crippen molar-refractivity contribution in [3.05, 3.63) is 59.2 Å². The molecule has 0 radical (unpaired) electrons. The maximum Gasteiger partial charge on any atom is 0.336 e. The van der Waals surface area contributed by atoms with Gasteiger partial charge < -0.3 is 15.5 Å². The zero-order valence-electron chi connectivity index (χ0n) is 17.4. The number of benzene rings is 2. The molecule has 0 aliphatic heterocycles. The number of carboxylic acid groups (broad SMARTS) is 1. The Hall–Kier alpha value is -2.82. The molecule has 0 atom stereocenters. The Morgan fingerprint density at radius 2 is 1.63 bits per heavy atom. The summed E-state index contributed by atoms with van der Waals surface area (Å²) in [7, 11) is 0. The van der Waals surface area contributed by atoms with E-state index in [1.165, 1.54) is 69.6 Å². The first-order valence-corrected chi connectivity index (χ1v) is 11.0. The number of phenolic OH excluding ortho intramolecular Hbond substituents is 1. The maximum atomic E-state index is 12.7. The summed E-state index contributed by atoms with van der Waals surface area (Å²) in [5, 5.41) is 22.9. The van der Waals surface area contributed by atoms with E-state index in [1.807, 2.05) is 0 Å². The average molecular weight is 410 g/mol. The number of ketones is 1. The first kappa shape index (κ1) is 21.9. The number of carboxylic acids is 1. The molecule has 5 heteroatoms. The molecule has 5 nitrogen and oxygen atoms in total. The number of unbranched alkanes of at least 4 members (excludes halogenated alkanes) is 2. The van der Waals surface area contributed by atoms with Crippen LogP contribution in [0.25, 0.3) is 0 Å². The fourth-order valence-electron chi connectivity index (χ4n) is 4.29. The van der Waals surface area contributed by atoms with E-state index in [-0.39, 0.29) is 22.4 Å². The van der Waals surface area contributed by atoms with Crippen molar-refractivity contribution in [1.29, 1.82) is 0 Å². The smallest absolute Gasteiger partial charge is 0.336 e. The molecule has 1 aliphatic carbocycles. The fourth-order valence-corrected chi connectivity index (χ4v) is 4.29. The number of carbonyl (C=O) groups is 2. The van der Waals surface area contributed by atoms with Gasteiger partial charge in [-0.15, -0.1) is 0 Å².